The first-order valence-corrected chi connectivity index (χ1v) is 9.18. The lowest BCUT2D eigenvalue weighted by atomic mass is 10.3. The number of hydrogen-bond donors (Lipinski definition) is 1. The van der Waals surface area contributed by atoms with E-state index in [-0.39, 0.29) is 11.2 Å². The number of amides is 1. The van der Waals surface area contributed by atoms with E-state index in [0.717, 1.165) is 34.0 Å². The Morgan fingerprint density at radius 3 is 2.96 bits per heavy atom. The van der Waals surface area contributed by atoms with Crippen LogP contribution in [0.1, 0.15) is 6.42 Å². The molecule has 1 saturated heterocycles. The number of carbonyl (C=O) groups excluding carboxylic acids is 1. The van der Waals surface area contributed by atoms with Gasteiger partial charge in [0.25, 0.3) is 0 Å². The Balaban J connectivity index is 1.54. The van der Waals surface area contributed by atoms with Gasteiger partial charge in [0.2, 0.25) is 5.91 Å². The van der Waals surface area contributed by atoms with E-state index in [9.17, 15) is 4.79 Å². The maximum absolute atomic E-state index is 12.8. The number of nitrogens with zero attached hydrogens (tertiary/aromatic N) is 2. The SMILES string of the molecule is COc1ccc2nc(SC3CCN(c4ccccc4Cl)C3=O)[nH]c2c1. The topological polar surface area (TPSA) is 58.2 Å². The van der Waals surface area contributed by atoms with Crippen molar-refractivity contribution in [2.24, 2.45) is 0 Å². The third-order valence-corrected chi connectivity index (χ3v) is 5.68. The molecule has 2 heterocycles. The molecule has 128 valence electrons. The number of thioether (sulfide) groups is 1. The smallest absolute Gasteiger partial charge is 0.240 e. The van der Waals surface area contributed by atoms with Crippen LogP contribution in [0.5, 0.6) is 5.75 Å². The first kappa shape index (κ1) is 16.3. The van der Waals surface area contributed by atoms with Gasteiger partial charge in [-0.3, -0.25) is 4.79 Å². The van der Waals surface area contributed by atoms with Crippen molar-refractivity contribution >= 4 is 46.0 Å². The molecule has 0 bridgehead atoms. The van der Waals surface area contributed by atoms with Gasteiger partial charge in [0.15, 0.2) is 5.16 Å². The average molecular weight is 374 g/mol. The first-order chi connectivity index (χ1) is 12.2. The van der Waals surface area contributed by atoms with Crippen molar-refractivity contribution in [1.29, 1.82) is 0 Å². The van der Waals surface area contributed by atoms with Crippen LogP contribution in [0, 0.1) is 0 Å². The molecule has 1 atom stereocenters. The Morgan fingerprint density at radius 2 is 2.16 bits per heavy atom. The second-order valence-corrected chi connectivity index (χ2v) is 7.36. The molecule has 0 radical (unpaired) electrons. The Bertz CT molecular complexity index is 943. The Kier molecular flexibility index (Phi) is 4.31. The lowest BCUT2D eigenvalue weighted by Gasteiger charge is -2.17. The van der Waals surface area contributed by atoms with Crippen LogP contribution in [0.25, 0.3) is 11.0 Å². The predicted octanol–water partition coefficient (Wildman–Crippen LogP) is 4.12. The van der Waals surface area contributed by atoms with Crippen molar-refractivity contribution < 1.29 is 9.53 Å². The van der Waals surface area contributed by atoms with Crippen molar-refractivity contribution in [3.63, 3.8) is 0 Å². The molecule has 5 nitrogen and oxygen atoms in total. The van der Waals surface area contributed by atoms with Gasteiger partial charge in [-0.2, -0.15) is 0 Å². The zero-order chi connectivity index (χ0) is 17.4. The summed E-state index contributed by atoms with van der Waals surface area (Å²) in [7, 11) is 1.63. The summed E-state index contributed by atoms with van der Waals surface area (Å²) in [6.07, 6.45) is 0.759. The molecule has 1 amide bonds. The minimum absolute atomic E-state index is 0.0659. The maximum Gasteiger partial charge on any atom is 0.240 e. The molecule has 1 aliphatic heterocycles. The molecule has 0 spiro atoms. The highest BCUT2D eigenvalue weighted by Crippen LogP contribution is 2.35. The van der Waals surface area contributed by atoms with E-state index in [4.69, 9.17) is 16.3 Å². The number of anilines is 1. The molecule has 3 aromatic rings. The number of fused-ring (bicyclic) bond motifs is 1. The van der Waals surface area contributed by atoms with Crippen molar-refractivity contribution in [3.05, 3.63) is 47.5 Å². The highest BCUT2D eigenvalue weighted by molar-refractivity contribution is 8.00. The fourth-order valence-corrected chi connectivity index (χ4v) is 4.23. The molecular weight excluding hydrogens is 358 g/mol. The number of H-pyrrole nitrogens is 1. The third-order valence-electron chi connectivity index (χ3n) is 4.22. The number of aromatic nitrogens is 2. The molecule has 0 aliphatic carbocycles. The standard InChI is InChI=1S/C18H16ClN3O2S/c1-24-11-6-7-13-14(10-11)21-18(20-13)25-16-8-9-22(17(16)23)15-5-3-2-4-12(15)19/h2-7,10,16H,8-9H2,1H3,(H,20,21). The summed E-state index contributed by atoms with van der Waals surface area (Å²) < 4.78 is 5.23. The fourth-order valence-electron chi connectivity index (χ4n) is 2.96. The van der Waals surface area contributed by atoms with E-state index in [2.05, 4.69) is 9.97 Å². The lowest BCUT2D eigenvalue weighted by molar-refractivity contribution is -0.116. The van der Waals surface area contributed by atoms with Crippen LogP contribution < -0.4 is 9.64 Å². The number of methoxy groups -OCH3 is 1. The van der Waals surface area contributed by atoms with E-state index in [0.29, 0.717) is 11.6 Å². The quantitative estimate of drug-likeness (QED) is 0.747. The molecule has 1 aliphatic rings. The Hall–Kier alpha value is -2.18. The van der Waals surface area contributed by atoms with Crippen molar-refractivity contribution in [3.8, 4) is 5.75 Å². The van der Waals surface area contributed by atoms with Gasteiger partial charge in [-0.1, -0.05) is 35.5 Å². The number of para-hydroxylation sites is 1. The molecule has 1 fully saturated rings. The number of benzene rings is 2. The highest BCUT2D eigenvalue weighted by Gasteiger charge is 2.34. The van der Waals surface area contributed by atoms with Gasteiger partial charge in [0, 0.05) is 12.6 Å². The second kappa shape index (κ2) is 6.61. The van der Waals surface area contributed by atoms with Gasteiger partial charge in [0.05, 0.1) is 34.1 Å². The summed E-state index contributed by atoms with van der Waals surface area (Å²) >= 11 is 7.69. The van der Waals surface area contributed by atoms with Crippen LogP contribution >= 0.6 is 23.4 Å². The Morgan fingerprint density at radius 1 is 1.32 bits per heavy atom. The number of ether oxygens (including phenoxy) is 1. The van der Waals surface area contributed by atoms with Gasteiger partial charge >= 0.3 is 0 Å². The van der Waals surface area contributed by atoms with Crippen LogP contribution in [0.4, 0.5) is 5.69 Å². The third kappa shape index (κ3) is 3.07. The number of nitrogens with one attached hydrogen (secondary N) is 1. The molecular formula is C18H16ClN3O2S. The van der Waals surface area contributed by atoms with E-state index in [1.165, 1.54) is 11.8 Å². The molecule has 1 aromatic heterocycles. The minimum Gasteiger partial charge on any atom is -0.497 e. The predicted molar refractivity (Wildman–Crippen MR) is 101 cm³/mol. The number of hydrogen-bond acceptors (Lipinski definition) is 4. The second-order valence-electron chi connectivity index (χ2n) is 5.76. The number of halogens is 1. The van der Waals surface area contributed by atoms with Crippen LogP contribution in [-0.4, -0.2) is 34.8 Å². The molecule has 1 N–H and O–H groups in total. The van der Waals surface area contributed by atoms with Crippen LogP contribution in [0.15, 0.2) is 47.6 Å². The monoisotopic (exact) mass is 373 g/mol. The van der Waals surface area contributed by atoms with Gasteiger partial charge in [0.1, 0.15) is 5.75 Å². The zero-order valence-electron chi connectivity index (χ0n) is 13.5. The Labute approximate surface area is 154 Å². The number of carbonyl (C=O) groups is 1. The molecule has 0 saturated carbocycles. The van der Waals surface area contributed by atoms with Crippen LogP contribution in [0.2, 0.25) is 5.02 Å². The normalized spacial score (nSPS) is 17.4. The zero-order valence-corrected chi connectivity index (χ0v) is 15.1. The van der Waals surface area contributed by atoms with Crippen molar-refractivity contribution in [2.45, 2.75) is 16.8 Å². The summed E-state index contributed by atoms with van der Waals surface area (Å²) in [6.45, 7) is 0.661. The first-order valence-electron chi connectivity index (χ1n) is 7.92. The van der Waals surface area contributed by atoms with E-state index in [1.807, 2.05) is 36.4 Å². The van der Waals surface area contributed by atoms with Gasteiger partial charge in [-0.05, 0) is 30.7 Å². The maximum atomic E-state index is 12.8. The van der Waals surface area contributed by atoms with E-state index < -0.39 is 0 Å². The molecule has 25 heavy (non-hydrogen) atoms. The summed E-state index contributed by atoms with van der Waals surface area (Å²) in [5.41, 5.74) is 2.53. The fraction of sp³-hybridized carbons (Fsp3) is 0.222. The van der Waals surface area contributed by atoms with Gasteiger partial charge in [-0.15, -0.1) is 0 Å². The molecule has 4 rings (SSSR count). The van der Waals surface area contributed by atoms with Crippen molar-refractivity contribution in [1.82, 2.24) is 9.97 Å². The van der Waals surface area contributed by atoms with Gasteiger partial charge < -0.3 is 14.6 Å². The van der Waals surface area contributed by atoms with Crippen molar-refractivity contribution in [2.75, 3.05) is 18.6 Å². The summed E-state index contributed by atoms with van der Waals surface area (Å²) in [6, 6.07) is 13.1. The van der Waals surface area contributed by atoms with Crippen LogP contribution in [-0.2, 0) is 4.79 Å². The number of imidazole rings is 1. The highest BCUT2D eigenvalue weighted by atomic mass is 35.5. The average Bonchev–Trinajstić information content (AvgIpc) is 3.18. The molecule has 2 aromatic carbocycles. The molecule has 1 unspecified atom stereocenters. The van der Waals surface area contributed by atoms with Crippen LogP contribution in [0.3, 0.4) is 0 Å². The summed E-state index contributed by atoms with van der Waals surface area (Å²) in [4.78, 5) is 22.3. The van der Waals surface area contributed by atoms with E-state index in [1.54, 1.807) is 18.1 Å². The minimum atomic E-state index is -0.168. The van der Waals surface area contributed by atoms with Gasteiger partial charge in [-0.25, -0.2) is 4.98 Å². The number of rotatable bonds is 4. The van der Waals surface area contributed by atoms with E-state index >= 15 is 0 Å². The molecule has 7 heteroatoms. The lowest BCUT2D eigenvalue weighted by Crippen LogP contribution is -2.28. The largest absolute Gasteiger partial charge is 0.497 e. The summed E-state index contributed by atoms with van der Waals surface area (Å²) in [5.74, 6) is 0.839. The number of aromatic amines is 1. The summed E-state index contributed by atoms with van der Waals surface area (Å²) in [5, 5.41) is 1.17.